The van der Waals surface area contributed by atoms with Gasteiger partial charge >= 0.3 is 0 Å². The van der Waals surface area contributed by atoms with Crippen molar-refractivity contribution in [1.82, 2.24) is 10.1 Å². The highest BCUT2D eigenvalue weighted by atomic mass is 16.5. The Bertz CT molecular complexity index is 1610. The molecule has 2 heterocycles. The number of ether oxygens (including phenoxy) is 1. The zero-order valence-electron chi connectivity index (χ0n) is 20.5. The van der Waals surface area contributed by atoms with Crippen LogP contribution in [0.5, 0.6) is 5.75 Å². The number of aromatic nitrogens is 2. The van der Waals surface area contributed by atoms with Gasteiger partial charge in [-0.25, -0.2) is 4.98 Å². The van der Waals surface area contributed by atoms with E-state index in [0.29, 0.717) is 50.7 Å². The fraction of sp³-hybridized carbons (Fsp3) is 0.103. The fourth-order valence-electron chi connectivity index (χ4n) is 3.99. The van der Waals surface area contributed by atoms with Crippen molar-refractivity contribution in [3.05, 3.63) is 101 Å². The third-order valence-electron chi connectivity index (χ3n) is 5.97. The lowest BCUT2D eigenvalue weighted by Crippen LogP contribution is -2.14. The Labute approximate surface area is 213 Å². The number of carbonyl (C=O) groups excluding carboxylic acids is 2. The van der Waals surface area contributed by atoms with E-state index in [1.807, 2.05) is 43.3 Å². The summed E-state index contributed by atoms with van der Waals surface area (Å²) in [5.74, 6) is -0.0585. The Morgan fingerprint density at radius 3 is 2.32 bits per heavy atom. The van der Waals surface area contributed by atoms with E-state index in [9.17, 15) is 9.59 Å². The molecule has 0 atom stereocenters. The van der Waals surface area contributed by atoms with Crippen LogP contribution in [-0.2, 0) is 0 Å². The van der Waals surface area contributed by atoms with Gasteiger partial charge in [-0.3, -0.25) is 9.59 Å². The van der Waals surface area contributed by atoms with Gasteiger partial charge in [0.05, 0.1) is 35.1 Å². The van der Waals surface area contributed by atoms with Gasteiger partial charge in [-0.05, 0) is 56.3 Å². The van der Waals surface area contributed by atoms with Crippen molar-refractivity contribution < 1.29 is 18.8 Å². The maximum absolute atomic E-state index is 13.3. The maximum Gasteiger partial charge on any atom is 0.259 e. The van der Waals surface area contributed by atoms with Crippen LogP contribution >= 0.6 is 0 Å². The second kappa shape index (κ2) is 9.94. The van der Waals surface area contributed by atoms with Crippen LogP contribution in [0.4, 0.5) is 11.4 Å². The monoisotopic (exact) mass is 492 g/mol. The molecule has 3 aromatic carbocycles. The van der Waals surface area contributed by atoms with Gasteiger partial charge in [-0.1, -0.05) is 47.1 Å². The van der Waals surface area contributed by atoms with Crippen molar-refractivity contribution >= 4 is 34.3 Å². The summed E-state index contributed by atoms with van der Waals surface area (Å²) in [5, 5.41) is 10.3. The summed E-state index contributed by atoms with van der Waals surface area (Å²) < 4.78 is 10.7. The van der Waals surface area contributed by atoms with E-state index in [1.165, 1.54) is 0 Å². The van der Waals surface area contributed by atoms with Gasteiger partial charge in [-0.15, -0.1) is 0 Å². The Morgan fingerprint density at radius 2 is 1.59 bits per heavy atom. The summed E-state index contributed by atoms with van der Waals surface area (Å²) in [6.45, 7) is 3.78. The number of nitrogens with zero attached hydrogens (tertiary/aromatic N) is 2. The number of hydrogen-bond donors (Lipinski definition) is 2. The molecule has 0 spiro atoms. The molecule has 184 valence electrons. The Hall–Kier alpha value is -4.98. The van der Waals surface area contributed by atoms with Crippen LogP contribution in [-0.4, -0.2) is 29.1 Å². The van der Waals surface area contributed by atoms with Crippen molar-refractivity contribution in [3.63, 3.8) is 0 Å². The first-order chi connectivity index (χ1) is 17.9. The number of aryl methyl sites for hydroxylation is 2. The van der Waals surface area contributed by atoms with Gasteiger partial charge in [0, 0.05) is 16.8 Å². The predicted octanol–water partition coefficient (Wildman–Crippen LogP) is 6.02. The Kier molecular flexibility index (Phi) is 6.38. The second-order valence-corrected chi connectivity index (χ2v) is 8.56. The number of amides is 2. The highest BCUT2D eigenvalue weighted by Gasteiger charge is 2.20. The highest BCUT2D eigenvalue weighted by molar-refractivity contribution is 6.13. The van der Waals surface area contributed by atoms with Gasteiger partial charge in [0.15, 0.2) is 0 Å². The summed E-state index contributed by atoms with van der Waals surface area (Å²) in [5.41, 5.74) is 5.41. The first-order valence-electron chi connectivity index (χ1n) is 11.6. The minimum Gasteiger partial charge on any atom is -0.495 e. The van der Waals surface area contributed by atoms with Crippen LogP contribution in [0.2, 0.25) is 0 Å². The van der Waals surface area contributed by atoms with Crippen molar-refractivity contribution in [1.29, 1.82) is 0 Å². The largest absolute Gasteiger partial charge is 0.495 e. The van der Waals surface area contributed by atoms with Crippen molar-refractivity contribution in [2.24, 2.45) is 0 Å². The molecule has 2 N–H and O–H groups in total. The molecule has 0 saturated carbocycles. The molecule has 5 rings (SSSR count). The van der Waals surface area contributed by atoms with Crippen molar-refractivity contribution in [2.75, 3.05) is 17.7 Å². The highest BCUT2D eigenvalue weighted by Crippen LogP contribution is 2.28. The number of methoxy groups -OCH3 is 1. The van der Waals surface area contributed by atoms with Gasteiger partial charge in [0.1, 0.15) is 5.75 Å². The molecule has 5 aromatic rings. The molecule has 2 amide bonds. The number of fused-ring (bicyclic) bond motifs is 1. The zero-order chi connectivity index (χ0) is 25.9. The normalized spacial score (nSPS) is 10.8. The lowest BCUT2D eigenvalue weighted by Gasteiger charge is -2.11. The fourth-order valence-corrected chi connectivity index (χ4v) is 3.99. The van der Waals surface area contributed by atoms with Crippen LogP contribution in [0, 0.1) is 13.8 Å². The zero-order valence-corrected chi connectivity index (χ0v) is 20.5. The lowest BCUT2D eigenvalue weighted by molar-refractivity contribution is 0.102. The molecule has 0 saturated heterocycles. The van der Waals surface area contributed by atoms with E-state index in [2.05, 4.69) is 20.8 Å². The molecular weight excluding hydrogens is 468 g/mol. The third-order valence-corrected chi connectivity index (χ3v) is 5.97. The molecule has 2 aromatic heterocycles. The number of carbonyl (C=O) groups is 2. The Morgan fingerprint density at radius 1 is 0.865 bits per heavy atom. The van der Waals surface area contributed by atoms with E-state index < -0.39 is 0 Å². The topological polar surface area (TPSA) is 106 Å². The van der Waals surface area contributed by atoms with Crippen molar-refractivity contribution in [2.45, 2.75) is 13.8 Å². The predicted molar refractivity (Wildman–Crippen MR) is 142 cm³/mol. The van der Waals surface area contributed by atoms with Crippen LogP contribution in [0.15, 0.2) is 83.4 Å². The summed E-state index contributed by atoms with van der Waals surface area (Å²) in [4.78, 5) is 30.6. The second-order valence-electron chi connectivity index (χ2n) is 8.56. The van der Waals surface area contributed by atoms with Crippen LogP contribution < -0.4 is 15.4 Å². The lowest BCUT2D eigenvalue weighted by atomic mass is 10.0. The molecular formula is C29H24N4O4. The molecule has 0 radical (unpaired) electrons. The van der Waals surface area contributed by atoms with Gasteiger partial charge in [0.25, 0.3) is 17.5 Å². The van der Waals surface area contributed by atoms with Gasteiger partial charge in [0.2, 0.25) is 0 Å². The minimum absolute atomic E-state index is 0.291. The quantitative estimate of drug-likeness (QED) is 0.300. The summed E-state index contributed by atoms with van der Waals surface area (Å²) in [7, 11) is 1.55. The molecule has 0 aliphatic heterocycles. The van der Waals surface area contributed by atoms with E-state index in [1.54, 1.807) is 56.5 Å². The number of pyridine rings is 1. The Balaban J connectivity index is 1.38. The van der Waals surface area contributed by atoms with Crippen molar-refractivity contribution in [3.8, 4) is 17.0 Å². The van der Waals surface area contributed by atoms with E-state index in [4.69, 9.17) is 9.26 Å². The number of anilines is 2. The molecule has 8 heteroatoms. The molecule has 0 unspecified atom stereocenters. The van der Waals surface area contributed by atoms with E-state index in [0.717, 1.165) is 11.1 Å². The van der Waals surface area contributed by atoms with Crippen LogP contribution in [0.3, 0.4) is 0 Å². The third kappa shape index (κ3) is 4.90. The summed E-state index contributed by atoms with van der Waals surface area (Å²) >= 11 is 0. The standard InChI is InChI=1S/C29H24N4O4/c1-17-8-10-19(11-9-17)24-16-22(26-18(2)33-37-29(26)32-24)28(35)30-21-14-12-20(13-15-21)27(34)31-23-6-4-5-7-25(23)36-3/h4-16H,1-3H3,(H,30,35)(H,31,34). The molecule has 0 fully saturated rings. The molecule has 37 heavy (non-hydrogen) atoms. The van der Waals surface area contributed by atoms with Crippen LogP contribution in [0.1, 0.15) is 32.0 Å². The van der Waals surface area contributed by atoms with Gasteiger partial charge in [-0.2, -0.15) is 0 Å². The van der Waals surface area contributed by atoms with E-state index >= 15 is 0 Å². The average molecular weight is 493 g/mol. The average Bonchev–Trinajstić information content (AvgIpc) is 3.29. The SMILES string of the molecule is COc1ccccc1NC(=O)c1ccc(NC(=O)c2cc(-c3ccc(C)cc3)nc3onc(C)c23)cc1. The molecule has 8 nitrogen and oxygen atoms in total. The summed E-state index contributed by atoms with van der Waals surface area (Å²) in [6.07, 6.45) is 0. The van der Waals surface area contributed by atoms with Crippen LogP contribution in [0.25, 0.3) is 22.4 Å². The number of benzene rings is 3. The number of hydrogen-bond acceptors (Lipinski definition) is 6. The first-order valence-corrected chi connectivity index (χ1v) is 11.6. The molecule has 0 aliphatic carbocycles. The molecule has 0 bridgehead atoms. The summed E-state index contributed by atoms with van der Waals surface area (Å²) in [6, 6.07) is 23.4. The minimum atomic E-state index is -0.335. The molecule has 0 aliphatic rings. The van der Waals surface area contributed by atoms with E-state index in [-0.39, 0.29) is 11.8 Å². The first kappa shape index (κ1) is 23.7. The smallest absolute Gasteiger partial charge is 0.259 e. The van der Waals surface area contributed by atoms with Gasteiger partial charge < -0.3 is 19.9 Å². The maximum atomic E-state index is 13.3. The number of nitrogens with one attached hydrogen (secondary N) is 2. The number of para-hydroxylation sites is 2. The number of rotatable bonds is 6.